The lowest BCUT2D eigenvalue weighted by atomic mass is 10.1. The topological polar surface area (TPSA) is 226 Å². The van der Waals surface area contributed by atoms with Crippen LogP contribution in [0.4, 0.5) is 0 Å². The maximum atomic E-state index is 13.2. The van der Waals surface area contributed by atoms with Crippen molar-refractivity contribution in [2.24, 2.45) is 22.2 Å². The number of aliphatic hydroxyl groups excluding tert-OH is 1. The molecule has 0 aliphatic carbocycles. The van der Waals surface area contributed by atoms with E-state index in [1.54, 1.807) is 0 Å². The monoisotopic (exact) mass is 489 g/mol. The van der Waals surface area contributed by atoms with Gasteiger partial charge in [-0.2, -0.15) is 11.8 Å². The van der Waals surface area contributed by atoms with E-state index in [-0.39, 0.29) is 31.9 Å². The van der Waals surface area contributed by atoms with Gasteiger partial charge in [-0.25, -0.2) is 4.79 Å². The summed E-state index contributed by atoms with van der Waals surface area (Å²) in [5.41, 5.74) is 16.2. The highest BCUT2D eigenvalue weighted by molar-refractivity contribution is 7.98. The van der Waals surface area contributed by atoms with Crippen LogP contribution in [0, 0.1) is 0 Å². The first-order valence-corrected chi connectivity index (χ1v) is 12.1. The van der Waals surface area contributed by atoms with Crippen molar-refractivity contribution in [2.45, 2.75) is 56.3 Å². The molecule has 0 radical (unpaired) electrons. The SMILES string of the molecule is CSCCC(NC(=O)C(N)CO)C(=O)NC(CCCN=C(N)N)C(=O)N1CCCC1C(=O)O. The number of carbonyl (C=O) groups excluding carboxylic acids is 3. The van der Waals surface area contributed by atoms with E-state index < -0.39 is 54.5 Å². The van der Waals surface area contributed by atoms with Crippen LogP contribution in [0.3, 0.4) is 0 Å². The number of thioether (sulfide) groups is 1. The van der Waals surface area contributed by atoms with Crippen LogP contribution in [0.15, 0.2) is 4.99 Å². The van der Waals surface area contributed by atoms with Gasteiger partial charge in [-0.1, -0.05) is 0 Å². The fraction of sp³-hybridized carbons (Fsp3) is 0.737. The maximum absolute atomic E-state index is 13.2. The van der Waals surface area contributed by atoms with Crippen molar-refractivity contribution in [1.29, 1.82) is 0 Å². The molecule has 13 nitrogen and oxygen atoms in total. The van der Waals surface area contributed by atoms with E-state index in [9.17, 15) is 24.3 Å². The molecular formula is C19H35N7O6S. The van der Waals surface area contributed by atoms with Crippen molar-refractivity contribution in [1.82, 2.24) is 15.5 Å². The molecule has 1 rings (SSSR count). The van der Waals surface area contributed by atoms with Crippen molar-refractivity contribution in [2.75, 3.05) is 31.7 Å². The van der Waals surface area contributed by atoms with Gasteiger partial charge < -0.3 is 42.9 Å². The molecule has 0 aromatic heterocycles. The van der Waals surface area contributed by atoms with Gasteiger partial charge in [0.15, 0.2) is 5.96 Å². The average Bonchev–Trinajstić information content (AvgIpc) is 3.27. The number of guanidine groups is 1. The van der Waals surface area contributed by atoms with Gasteiger partial charge in [-0.05, 0) is 44.1 Å². The second kappa shape index (κ2) is 14.5. The zero-order valence-corrected chi connectivity index (χ0v) is 19.6. The highest BCUT2D eigenvalue weighted by atomic mass is 32.2. The predicted octanol–water partition coefficient (Wildman–Crippen LogP) is -2.84. The normalized spacial score (nSPS) is 18.2. The summed E-state index contributed by atoms with van der Waals surface area (Å²) in [5, 5.41) is 23.7. The molecule has 10 N–H and O–H groups in total. The molecule has 1 aliphatic rings. The number of nitrogens with two attached hydrogens (primary N) is 3. The fourth-order valence-corrected chi connectivity index (χ4v) is 3.86. The first-order chi connectivity index (χ1) is 15.6. The number of likely N-dealkylation sites (tertiary alicyclic amines) is 1. The van der Waals surface area contributed by atoms with Crippen molar-refractivity contribution in [3.8, 4) is 0 Å². The zero-order chi connectivity index (χ0) is 25.0. The summed E-state index contributed by atoms with van der Waals surface area (Å²) in [5.74, 6) is -2.47. The Hall–Kier alpha value is -2.58. The van der Waals surface area contributed by atoms with Crippen LogP contribution in [0.2, 0.25) is 0 Å². The summed E-state index contributed by atoms with van der Waals surface area (Å²) in [4.78, 5) is 54.9. The number of hydrogen-bond acceptors (Lipinski definition) is 8. The number of nitrogens with zero attached hydrogens (tertiary/aromatic N) is 2. The third-order valence-corrected chi connectivity index (χ3v) is 5.80. The molecule has 3 amide bonds. The standard InChI is InChI=1S/C19H35N7O6S/c1-33-9-6-12(24-15(28)11(20)10-27)16(29)25-13(4-2-7-23-19(21)22)17(30)26-8-3-5-14(26)18(31)32/h11-14,27H,2-10,20H2,1H3,(H,24,28)(H,25,29)(H,31,32)(H4,21,22,23). The fourth-order valence-electron chi connectivity index (χ4n) is 3.39. The quantitative estimate of drug-likeness (QED) is 0.0750. The molecule has 33 heavy (non-hydrogen) atoms. The average molecular weight is 490 g/mol. The molecule has 1 saturated heterocycles. The molecule has 188 valence electrons. The molecule has 4 atom stereocenters. The minimum atomic E-state index is -1.19. The number of carbonyl (C=O) groups is 4. The smallest absolute Gasteiger partial charge is 0.326 e. The Balaban J connectivity index is 3.00. The number of carboxylic acid groups (broad SMARTS) is 1. The first-order valence-electron chi connectivity index (χ1n) is 10.7. The van der Waals surface area contributed by atoms with Crippen LogP contribution < -0.4 is 27.8 Å². The van der Waals surface area contributed by atoms with Crippen molar-refractivity contribution >= 4 is 41.4 Å². The number of aliphatic hydroxyl groups is 1. The number of rotatable bonds is 14. The summed E-state index contributed by atoms with van der Waals surface area (Å²) in [7, 11) is 0. The second-order valence-electron chi connectivity index (χ2n) is 7.67. The highest BCUT2D eigenvalue weighted by Gasteiger charge is 2.38. The highest BCUT2D eigenvalue weighted by Crippen LogP contribution is 2.20. The Labute approximate surface area is 196 Å². The van der Waals surface area contributed by atoms with Crippen molar-refractivity contribution < 1.29 is 29.4 Å². The Bertz CT molecular complexity index is 719. The minimum absolute atomic E-state index is 0.104. The molecule has 1 heterocycles. The van der Waals surface area contributed by atoms with E-state index in [1.807, 2.05) is 6.26 Å². The molecule has 0 bridgehead atoms. The minimum Gasteiger partial charge on any atom is -0.480 e. The number of nitrogens with one attached hydrogen (secondary N) is 2. The summed E-state index contributed by atoms with van der Waals surface area (Å²) in [6, 6.07) is -4.15. The lowest BCUT2D eigenvalue weighted by molar-refractivity contribution is -0.149. The Kier molecular flexibility index (Phi) is 12.5. The number of amides is 3. The predicted molar refractivity (Wildman–Crippen MR) is 124 cm³/mol. The molecule has 14 heteroatoms. The molecule has 0 saturated carbocycles. The van der Waals surface area contributed by atoms with Gasteiger partial charge in [0.25, 0.3) is 0 Å². The van der Waals surface area contributed by atoms with E-state index >= 15 is 0 Å². The van der Waals surface area contributed by atoms with E-state index in [2.05, 4.69) is 15.6 Å². The lowest BCUT2D eigenvalue weighted by Gasteiger charge is -2.29. The zero-order valence-electron chi connectivity index (χ0n) is 18.7. The van der Waals surface area contributed by atoms with Crippen LogP contribution >= 0.6 is 11.8 Å². The third-order valence-electron chi connectivity index (χ3n) is 5.16. The van der Waals surface area contributed by atoms with Crippen molar-refractivity contribution in [3.05, 3.63) is 0 Å². The van der Waals surface area contributed by atoms with Crippen LogP contribution in [-0.4, -0.2) is 101 Å². The van der Waals surface area contributed by atoms with Crippen LogP contribution in [0.1, 0.15) is 32.1 Å². The summed E-state index contributed by atoms with van der Waals surface area (Å²) < 4.78 is 0. The van der Waals surface area contributed by atoms with E-state index in [4.69, 9.17) is 22.3 Å². The molecule has 1 aliphatic heterocycles. The number of carboxylic acids is 1. The van der Waals surface area contributed by atoms with E-state index in [1.165, 1.54) is 16.7 Å². The Morgan fingerprint density at radius 3 is 2.39 bits per heavy atom. The first kappa shape index (κ1) is 28.5. The van der Waals surface area contributed by atoms with E-state index in [0.717, 1.165) is 0 Å². The van der Waals surface area contributed by atoms with Crippen LogP contribution in [-0.2, 0) is 19.2 Å². The van der Waals surface area contributed by atoms with E-state index in [0.29, 0.717) is 25.0 Å². The van der Waals surface area contributed by atoms with Gasteiger partial charge in [-0.15, -0.1) is 0 Å². The summed E-state index contributed by atoms with van der Waals surface area (Å²) >= 11 is 1.47. The number of aliphatic carboxylic acids is 1. The van der Waals surface area contributed by atoms with Gasteiger partial charge in [0.1, 0.15) is 24.2 Å². The maximum Gasteiger partial charge on any atom is 0.326 e. The van der Waals surface area contributed by atoms with Gasteiger partial charge >= 0.3 is 5.97 Å². The molecule has 0 aromatic rings. The summed E-state index contributed by atoms with van der Waals surface area (Å²) in [6.45, 7) is -0.0868. The Morgan fingerprint density at radius 1 is 1.15 bits per heavy atom. The van der Waals surface area contributed by atoms with Gasteiger partial charge in [0, 0.05) is 13.1 Å². The number of hydrogen-bond donors (Lipinski definition) is 7. The van der Waals surface area contributed by atoms with Gasteiger partial charge in [-0.3, -0.25) is 19.4 Å². The van der Waals surface area contributed by atoms with Gasteiger partial charge in [0.2, 0.25) is 17.7 Å². The largest absolute Gasteiger partial charge is 0.480 e. The van der Waals surface area contributed by atoms with Gasteiger partial charge in [0.05, 0.1) is 6.61 Å². The summed E-state index contributed by atoms with van der Waals surface area (Å²) in [6.07, 6.45) is 3.52. The number of aliphatic imine (C=N–C) groups is 1. The second-order valence-corrected chi connectivity index (χ2v) is 8.66. The molecule has 1 fully saturated rings. The molecular weight excluding hydrogens is 454 g/mol. The molecule has 0 spiro atoms. The lowest BCUT2D eigenvalue weighted by Crippen LogP contribution is -2.57. The van der Waals surface area contributed by atoms with Crippen LogP contribution in [0.5, 0.6) is 0 Å². The Morgan fingerprint density at radius 2 is 1.82 bits per heavy atom. The third kappa shape index (κ3) is 9.43. The molecule has 4 unspecified atom stereocenters. The molecule has 0 aromatic carbocycles. The van der Waals surface area contributed by atoms with Crippen molar-refractivity contribution in [3.63, 3.8) is 0 Å². The van der Waals surface area contributed by atoms with Crippen LogP contribution in [0.25, 0.3) is 0 Å².